The van der Waals surface area contributed by atoms with Crippen LogP contribution in [0, 0.1) is 0 Å². The highest BCUT2D eigenvalue weighted by atomic mass is 35.5. The summed E-state index contributed by atoms with van der Waals surface area (Å²) in [5.74, 6) is 0. The number of hydrogen-bond acceptors (Lipinski definition) is 2. The summed E-state index contributed by atoms with van der Waals surface area (Å²) in [6, 6.07) is 12.1. The Bertz CT molecular complexity index is 1220. The van der Waals surface area contributed by atoms with Crippen molar-refractivity contribution in [2.75, 3.05) is 5.32 Å². The summed E-state index contributed by atoms with van der Waals surface area (Å²) in [6.45, 7) is 0. The fraction of sp³-hybridized carbons (Fsp3) is 0.0909. The second kappa shape index (κ2) is 8.31. The molecule has 5 nitrogen and oxygen atoms in total. The van der Waals surface area contributed by atoms with Gasteiger partial charge in [-0.15, -0.1) is 0 Å². The number of anilines is 1. The molecule has 0 fully saturated rings. The van der Waals surface area contributed by atoms with Crippen LogP contribution >= 0.6 is 11.6 Å². The van der Waals surface area contributed by atoms with Gasteiger partial charge in [-0.25, -0.2) is 9.78 Å². The zero-order valence-corrected chi connectivity index (χ0v) is 16.7. The van der Waals surface area contributed by atoms with Crippen molar-refractivity contribution in [2.24, 2.45) is 0 Å². The van der Waals surface area contributed by atoms with E-state index in [-0.39, 0.29) is 12.1 Å². The number of urea groups is 1. The summed E-state index contributed by atoms with van der Waals surface area (Å²) in [4.78, 5) is 16.7. The number of hydrogen-bond donors (Lipinski definition) is 2. The Morgan fingerprint density at radius 2 is 1.87 bits per heavy atom. The average molecular weight is 445 g/mol. The average Bonchev–Trinajstić information content (AvgIpc) is 3.06. The van der Waals surface area contributed by atoms with Gasteiger partial charge < -0.3 is 15.2 Å². The van der Waals surface area contributed by atoms with Crippen molar-refractivity contribution in [1.82, 2.24) is 14.9 Å². The lowest BCUT2D eigenvalue weighted by Crippen LogP contribution is -2.28. The maximum Gasteiger partial charge on any atom is 0.417 e. The van der Waals surface area contributed by atoms with Gasteiger partial charge >= 0.3 is 12.2 Å². The van der Waals surface area contributed by atoms with Crippen LogP contribution in [0.1, 0.15) is 6.42 Å². The molecule has 2 amide bonds. The minimum absolute atomic E-state index is 0.0817. The number of halogens is 4. The Hall–Kier alpha value is -3.52. The van der Waals surface area contributed by atoms with Gasteiger partial charge in [0.2, 0.25) is 0 Å². The lowest BCUT2D eigenvalue weighted by molar-refractivity contribution is -0.0885. The summed E-state index contributed by atoms with van der Waals surface area (Å²) in [5.41, 5.74) is 1.22. The van der Waals surface area contributed by atoms with E-state index in [9.17, 15) is 18.0 Å². The molecule has 9 heteroatoms. The van der Waals surface area contributed by atoms with Crippen LogP contribution < -0.4 is 10.6 Å². The molecule has 2 heterocycles. The number of pyridine rings is 1. The second-order valence-corrected chi connectivity index (χ2v) is 7.17. The van der Waals surface area contributed by atoms with Gasteiger partial charge in [0.25, 0.3) is 0 Å². The van der Waals surface area contributed by atoms with E-state index < -0.39 is 22.8 Å². The smallest absolute Gasteiger partial charge is 0.311 e. The third-order valence-electron chi connectivity index (χ3n) is 4.61. The van der Waals surface area contributed by atoms with Gasteiger partial charge in [-0.2, -0.15) is 13.2 Å². The van der Waals surface area contributed by atoms with Crippen LogP contribution in [-0.2, 0) is 0 Å². The molecule has 3 aromatic rings. The van der Waals surface area contributed by atoms with Crippen LogP contribution in [0.2, 0.25) is 0 Å². The van der Waals surface area contributed by atoms with Gasteiger partial charge in [-0.3, -0.25) is 0 Å². The van der Waals surface area contributed by atoms with Crippen molar-refractivity contribution in [2.45, 2.75) is 12.6 Å². The molecule has 2 aromatic heterocycles. The molecule has 158 valence electrons. The first-order valence-corrected chi connectivity index (χ1v) is 9.64. The maximum absolute atomic E-state index is 13.1. The van der Waals surface area contributed by atoms with E-state index >= 15 is 0 Å². The third-order valence-corrected chi connectivity index (χ3v) is 4.94. The Morgan fingerprint density at radius 3 is 2.61 bits per heavy atom. The highest BCUT2D eigenvalue weighted by Gasteiger charge is 2.35. The fourth-order valence-corrected chi connectivity index (χ4v) is 3.42. The summed E-state index contributed by atoms with van der Waals surface area (Å²) < 4.78 is 41.3. The molecule has 1 aliphatic rings. The van der Waals surface area contributed by atoms with Crippen molar-refractivity contribution < 1.29 is 18.0 Å². The molecule has 0 bridgehead atoms. The molecular weight excluding hydrogens is 429 g/mol. The monoisotopic (exact) mass is 444 g/mol. The van der Waals surface area contributed by atoms with E-state index in [1.165, 1.54) is 12.2 Å². The zero-order chi connectivity index (χ0) is 22.0. The highest BCUT2D eigenvalue weighted by Crippen LogP contribution is 2.33. The van der Waals surface area contributed by atoms with E-state index in [1.54, 1.807) is 18.3 Å². The standard InChI is InChI=1S/C22H16ClF3N4O/c23-19-5-1-4-16(13-18(19)22(24,25)26)29-21(31)28-15-6-8-17(9-7-15)30-12-10-14-3-2-11-27-20(14)30/h1-3,5-13H,4H2,(H2,28,29,31). The van der Waals surface area contributed by atoms with Crippen LogP contribution in [0.15, 0.2) is 89.4 Å². The predicted molar refractivity (Wildman–Crippen MR) is 114 cm³/mol. The third kappa shape index (κ3) is 4.64. The summed E-state index contributed by atoms with van der Waals surface area (Å²) in [6.07, 6.45) is 2.57. The number of carbonyl (C=O) groups is 1. The molecule has 0 saturated heterocycles. The van der Waals surface area contributed by atoms with Crippen molar-refractivity contribution in [3.63, 3.8) is 0 Å². The summed E-state index contributed by atoms with van der Waals surface area (Å²) >= 11 is 5.69. The molecule has 1 aliphatic carbocycles. The van der Waals surface area contributed by atoms with E-state index in [4.69, 9.17) is 11.6 Å². The number of nitrogens with zero attached hydrogens (tertiary/aromatic N) is 2. The Morgan fingerprint density at radius 1 is 1.10 bits per heavy atom. The molecule has 0 spiro atoms. The number of aromatic nitrogens is 2. The van der Waals surface area contributed by atoms with Crippen LogP contribution in [0.4, 0.5) is 23.7 Å². The van der Waals surface area contributed by atoms with Gasteiger partial charge in [-0.1, -0.05) is 17.7 Å². The second-order valence-electron chi connectivity index (χ2n) is 6.76. The lowest BCUT2D eigenvalue weighted by Gasteiger charge is -2.12. The zero-order valence-electron chi connectivity index (χ0n) is 15.9. The number of carbonyl (C=O) groups excluding carboxylic acids is 1. The van der Waals surface area contributed by atoms with Gasteiger partial charge in [-0.05, 0) is 54.6 Å². The van der Waals surface area contributed by atoms with Crippen LogP contribution in [-0.4, -0.2) is 21.8 Å². The molecule has 0 radical (unpaired) electrons. The Kier molecular flexibility index (Phi) is 5.56. The van der Waals surface area contributed by atoms with E-state index in [2.05, 4.69) is 15.6 Å². The molecule has 0 atom stereocenters. The largest absolute Gasteiger partial charge is 0.417 e. The first-order valence-electron chi connectivity index (χ1n) is 9.26. The number of benzene rings is 1. The molecular formula is C22H16ClF3N4O. The van der Waals surface area contributed by atoms with Gasteiger partial charge in [0.15, 0.2) is 0 Å². The minimum atomic E-state index is -4.62. The summed E-state index contributed by atoms with van der Waals surface area (Å²) in [7, 11) is 0. The normalized spacial score (nSPS) is 14.4. The van der Waals surface area contributed by atoms with Crippen molar-refractivity contribution in [3.8, 4) is 5.69 Å². The van der Waals surface area contributed by atoms with Gasteiger partial charge in [0, 0.05) is 41.3 Å². The summed E-state index contributed by atoms with van der Waals surface area (Å²) in [5, 5.41) is 5.64. The molecule has 0 saturated carbocycles. The SMILES string of the molecule is O=C(NC1=CC(C(F)(F)F)=C(Cl)C=CC1)Nc1ccc(-n2ccc3cccnc32)cc1. The van der Waals surface area contributed by atoms with E-state index in [1.807, 2.05) is 41.1 Å². The first-order chi connectivity index (χ1) is 14.8. The molecule has 0 aliphatic heterocycles. The minimum Gasteiger partial charge on any atom is -0.311 e. The molecule has 2 N–H and O–H groups in total. The molecule has 1 aromatic carbocycles. The first kappa shape index (κ1) is 20.7. The number of nitrogens with one attached hydrogen (secondary N) is 2. The maximum atomic E-state index is 13.1. The number of fused-ring (bicyclic) bond motifs is 1. The van der Waals surface area contributed by atoms with Gasteiger partial charge in [0.1, 0.15) is 5.65 Å². The number of rotatable bonds is 3. The molecule has 4 rings (SSSR count). The topological polar surface area (TPSA) is 59.0 Å². The Balaban J connectivity index is 1.46. The number of alkyl halides is 3. The van der Waals surface area contributed by atoms with Crippen molar-refractivity contribution in [1.29, 1.82) is 0 Å². The van der Waals surface area contributed by atoms with Crippen LogP contribution in [0.25, 0.3) is 16.7 Å². The predicted octanol–water partition coefficient (Wildman–Crippen LogP) is 6.05. The quantitative estimate of drug-likeness (QED) is 0.517. The van der Waals surface area contributed by atoms with E-state index in [0.29, 0.717) is 5.69 Å². The van der Waals surface area contributed by atoms with Crippen molar-refractivity contribution in [3.05, 3.63) is 89.4 Å². The molecule has 31 heavy (non-hydrogen) atoms. The van der Waals surface area contributed by atoms with Gasteiger partial charge in [0.05, 0.1) is 10.6 Å². The number of allylic oxidation sites excluding steroid dienone is 5. The number of amides is 2. The molecule has 0 unspecified atom stereocenters. The van der Waals surface area contributed by atoms with Crippen molar-refractivity contribution >= 4 is 34.4 Å². The van der Waals surface area contributed by atoms with E-state index in [0.717, 1.165) is 22.8 Å². The van der Waals surface area contributed by atoms with Crippen LogP contribution in [0.5, 0.6) is 0 Å². The fourth-order valence-electron chi connectivity index (χ4n) is 3.17. The lowest BCUT2D eigenvalue weighted by atomic mass is 10.2. The highest BCUT2D eigenvalue weighted by molar-refractivity contribution is 6.31. The van der Waals surface area contributed by atoms with Crippen LogP contribution in [0.3, 0.4) is 0 Å². The Labute approximate surface area is 180 Å².